The summed E-state index contributed by atoms with van der Waals surface area (Å²) in [6, 6.07) is 11.6. The van der Waals surface area contributed by atoms with Crippen LogP contribution in [0.4, 0.5) is 0 Å². The summed E-state index contributed by atoms with van der Waals surface area (Å²) in [5.41, 5.74) is 2.04. The van der Waals surface area contributed by atoms with E-state index in [0.29, 0.717) is 37.7 Å². The first-order chi connectivity index (χ1) is 15.6. The fourth-order valence-electron chi connectivity index (χ4n) is 4.46. The SMILES string of the molecule is O=C(C[C@H]1CC[C@@H]2[C@H](COC[C@H](O)CN2Cc2ccncc2)O1)NCc1ccccc1Cl. The van der Waals surface area contributed by atoms with Crippen LogP contribution in [-0.4, -0.2) is 65.0 Å². The zero-order valence-corrected chi connectivity index (χ0v) is 18.8. The summed E-state index contributed by atoms with van der Waals surface area (Å²) in [4.78, 5) is 18.9. The molecule has 0 radical (unpaired) electrons. The summed E-state index contributed by atoms with van der Waals surface area (Å²) < 4.78 is 12.0. The van der Waals surface area contributed by atoms with Crippen LogP contribution in [0.5, 0.6) is 0 Å². The Kier molecular flexibility index (Phi) is 8.10. The van der Waals surface area contributed by atoms with Crippen molar-refractivity contribution in [2.45, 2.75) is 56.7 Å². The van der Waals surface area contributed by atoms with Crippen LogP contribution in [-0.2, 0) is 27.4 Å². The van der Waals surface area contributed by atoms with Gasteiger partial charge in [-0.3, -0.25) is 14.7 Å². The van der Waals surface area contributed by atoms with Gasteiger partial charge in [-0.15, -0.1) is 0 Å². The highest BCUT2D eigenvalue weighted by Gasteiger charge is 2.38. The standard InChI is InChI=1S/C24H30ClN3O4/c25-21-4-2-1-3-18(21)12-27-24(30)11-20-5-6-22-23(32-20)16-31-15-19(29)14-28(22)13-17-7-9-26-10-8-17/h1-4,7-10,19-20,22-23,29H,5-6,11-16H2,(H,27,30)/t19-,20-,22-,23+/m1/s1. The van der Waals surface area contributed by atoms with Crippen LogP contribution in [0.2, 0.25) is 5.02 Å². The Balaban J connectivity index is 1.34. The molecule has 2 aliphatic rings. The number of hydrogen-bond donors (Lipinski definition) is 2. The maximum atomic E-state index is 12.5. The molecular formula is C24H30ClN3O4. The van der Waals surface area contributed by atoms with Crippen molar-refractivity contribution in [3.8, 4) is 0 Å². The topological polar surface area (TPSA) is 83.9 Å². The van der Waals surface area contributed by atoms with Crippen LogP contribution < -0.4 is 5.32 Å². The second kappa shape index (κ2) is 11.2. The van der Waals surface area contributed by atoms with Crippen molar-refractivity contribution in [3.05, 3.63) is 64.9 Å². The molecular weight excluding hydrogens is 430 g/mol. The van der Waals surface area contributed by atoms with E-state index < -0.39 is 6.10 Å². The molecule has 0 aliphatic carbocycles. The molecule has 32 heavy (non-hydrogen) atoms. The van der Waals surface area contributed by atoms with Gasteiger partial charge >= 0.3 is 0 Å². The number of halogens is 1. The van der Waals surface area contributed by atoms with Crippen LogP contribution in [0.15, 0.2) is 48.8 Å². The molecule has 1 aromatic heterocycles. The predicted octanol–water partition coefficient (Wildman–Crippen LogP) is 2.55. The number of pyridine rings is 1. The Morgan fingerprint density at radius 3 is 2.81 bits per heavy atom. The van der Waals surface area contributed by atoms with E-state index in [1.54, 1.807) is 12.4 Å². The molecule has 0 unspecified atom stereocenters. The minimum absolute atomic E-state index is 0.0517. The Morgan fingerprint density at radius 2 is 2.00 bits per heavy atom. The number of benzene rings is 1. The molecule has 0 spiro atoms. The Labute approximate surface area is 193 Å². The highest BCUT2D eigenvalue weighted by Crippen LogP contribution is 2.28. The van der Waals surface area contributed by atoms with Gasteiger partial charge in [-0.1, -0.05) is 29.8 Å². The molecule has 2 fully saturated rings. The lowest BCUT2D eigenvalue weighted by Gasteiger charge is -2.44. The van der Waals surface area contributed by atoms with Gasteiger partial charge in [-0.05, 0) is 42.2 Å². The van der Waals surface area contributed by atoms with Crippen molar-refractivity contribution in [2.75, 3.05) is 19.8 Å². The van der Waals surface area contributed by atoms with Crippen LogP contribution in [0.3, 0.4) is 0 Å². The van der Waals surface area contributed by atoms with E-state index in [1.165, 1.54) is 0 Å². The number of nitrogens with zero attached hydrogens (tertiary/aromatic N) is 2. The molecule has 2 saturated heterocycles. The van der Waals surface area contributed by atoms with Crippen molar-refractivity contribution in [1.29, 1.82) is 0 Å². The number of fused-ring (bicyclic) bond motifs is 1. The first-order valence-corrected chi connectivity index (χ1v) is 11.5. The normalized spacial score (nSPS) is 26.6. The lowest BCUT2D eigenvalue weighted by Crippen LogP contribution is -2.55. The molecule has 1 aromatic carbocycles. The number of hydrogen-bond acceptors (Lipinski definition) is 6. The number of ether oxygens (including phenoxy) is 2. The molecule has 8 heteroatoms. The Morgan fingerprint density at radius 1 is 1.19 bits per heavy atom. The van der Waals surface area contributed by atoms with Crippen molar-refractivity contribution < 1.29 is 19.4 Å². The van der Waals surface area contributed by atoms with Crippen LogP contribution in [0, 0.1) is 0 Å². The first-order valence-electron chi connectivity index (χ1n) is 11.1. The largest absolute Gasteiger partial charge is 0.389 e. The third-order valence-corrected chi connectivity index (χ3v) is 6.44. The van der Waals surface area contributed by atoms with E-state index in [0.717, 1.165) is 24.0 Å². The van der Waals surface area contributed by atoms with Gasteiger partial charge in [0.15, 0.2) is 0 Å². The van der Waals surface area contributed by atoms with Gasteiger partial charge in [0.25, 0.3) is 0 Å². The van der Waals surface area contributed by atoms with E-state index in [-0.39, 0.29) is 30.8 Å². The monoisotopic (exact) mass is 459 g/mol. The molecule has 2 aliphatic heterocycles. The van der Waals surface area contributed by atoms with Crippen molar-refractivity contribution in [2.24, 2.45) is 0 Å². The number of nitrogens with one attached hydrogen (secondary N) is 1. The van der Waals surface area contributed by atoms with Gasteiger partial charge in [0, 0.05) is 43.1 Å². The van der Waals surface area contributed by atoms with Gasteiger partial charge in [0.1, 0.15) is 0 Å². The lowest BCUT2D eigenvalue weighted by molar-refractivity contribution is -0.158. The second-order valence-electron chi connectivity index (χ2n) is 8.49. The number of carbonyl (C=O) groups is 1. The van der Waals surface area contributed by atoms with E-state index >= 15 is 0 Å². The number of β-amino-alcohol motifs (C(OH)–C–C–N with tert-alkyl or cyclic N) is 1. The lowest BCUT2D eigenvalue weighted by atomic mass is 9.94. The highest BCUT2D eigenvalue weighted by atomic mass is 35.5. The molecule has 0 bridgehead atoms. The van der Waals surface area contributed by atoms with Crippen molar-refractivity contribution in [3.63, 3.8) is 0 Å². The van der Waals surface area contributed by atoms with E-state index in [4.69, 9.17) is 21.1 Å². The summed E-state index contributed by atoms with van der Waals surface area (Å²) in [6.07, 6.45) is 4.71. The maximum absolute atomic E-state index is 12.5. The molecule has 172 valence electrons. The quantitative estimate of drug-likeness (QED) is 0.690. The zero-order chi connectivity index (χ0) is 22.3. The molecule has 1 amide bonds. The summed E-state index contributed by atoms with van der Waals surface area (Å²) in [6.45, 7) is 2.33. The average Bonchev–Trinajstić information content (AvgIpc) is 2.78. The van der Waals surface area contributed by atoms with E-state index in [1.807, 2.05) is 36.4 Å². The van der Waals surface area contributed by atoms with Gasteiger partial charge in [-0.25, -0.2) is 0 Å². The first kappa shape index (κ1) is 23.1. The second-order valence-corrected chi connectivity index (χ2v) is 8.90. The predicted molar refractivity (Wildman–Crippen MR) is 121 cm³/mol. The van der Waals surface area contributed by atoms with Crippen molar-refractivity contribution >= 4 is 17.5 Å². The third-order valence-electron chi connectivity index (χ3n) is 6.07. The van der Waals surface area contributed by atoms with Crippen LogP contribution in [0.1, 0.15) is 30.4 Å². The molecule has 0 saturated carbocycles. The maximum Gasteiger partial charge on any atom is 0.222 e. The number of carbonyl (C=O) groups excluding carboxylic acids is 1. The van der Waals surface area contributed by atoms with E-state index in [9.17, 15) is 9.90 Å². The minimum Gasteiger partial charge on any atom is -0.389 e. The number of rotatable bonds is 6. The summed E-state index contributed by atoms with van der Waals surface area (Å²) in [5.74, 6) is -0.0517. The van der Waals surface area contributed by atoms with Gasteiger partial charge < -0.3 is 19.9 Å². The smallest absolute Gasteiger partial charge is 0.222 e. The van der Waals surface area contributed by atoms with Gasteiger partial charge in [-0.2, -0.15) is 0 Å². The number of aliphatic hydroxyl groups excluding tert-OH is 1. The summed E-state index contributed by atoms with van der Waals surface area (Å²) >= 11 is 6.17. The minimum atomic E-state index is -0.536. The summed E-state index contributed by atoms with van der Waals surface area (Å²) in [5, 5.41) is 13.9. The number of amides is 1. The van der Waals surface area contributed by atoms with Crippen LogP contribution >= 0.6 is 11.6 Å². The van der Waals surface area contributed by atoms with Gasteiger partial charge in [0.05, 0.1) is 37.9 Å². The number of aliphatic hydroxyl groups is 1. The Hall–Kier alpha value is -2.03. The van der Waals surface area contributed by atoms with Crippen LogP contribution in [0.25, 0.3) is 0 Å². The molecule has 4 rings (SSSR count). The fourth-order valence-corrected chi connectivity index (χ4v) is 4.67. The molecule has 7 nitrogen and oxygen atoms in total. The summed E-state index contributed by atoms with van der Waals surface area (Å²) in [7, 11) is 0. The van der Waals surface area contributed by atoms with Crippen molar-refractivity contribution in [1.82, 2.24) is 15.2 Å². The third kappa shape index (κ3) is 6.27. The highest BCUT2D eigenvalue weighted by molar-refractivity contribution is 6.31. The zero-order valence-electron chi connectivity index (χ0n) is 18.0. The average molecular weight is 460 g/mol. The Bertz CT molecular complexity index is 885. The fraction of sp³-hybridized carbons (Fsp3) is 0.500. The molecule has 4 atom stereocenters. The van der Waals surface area contributed by atoms with E-state index in [2.05, 4.69) is 15.2 Å². The van der Waals surface area contributed by atoms with Gasteiger partial charge in [0.2, 0.25) is 5.91 Å². The number of aromatic nitrogens is 1. The molecule has 2 N–H and O–H groups in total. The molecule has 3 heterocycles. The molecule has 2 aromatic rings.